The van der Waals surface area contributed by atoms with Gasteiger partial charge in [-0.05, 0) is 12.8 Å². The predicted molar refractivity (Wildman–Crippen MR) is 65.8 cm³/mol. The first-order valence-corrected chi connectivity index (χ1v) is 5.48. The highest BCUT2D eigenvalue weighted by atomic mass is 16.5. The fourth-order valence-corrected chi connectivity index (χ4v) is 1.41. The number of anilines is 1. The van der Waals surface area contributed by atoms with Crippen molar-refractivity contribution < 1.29 is 19.3 Å². The SMILES string of the molecule is COc1cc(N)c(OCCCCO)c(OC)c1. The van der Waals surface area contributed by atoms with Crippen molar-refractivity contribution in [1.29, 1.82) is 0 Å². The average molecular weight is 241 g/mol. The average Bonchev–Trinajstić information content (AvgIpc) is 2.35. The molecule has 0 spiro atoms. The Kier molecular flexibility index (Phi) is 5.42. The maximum atomic E-state index is 8.67. The summed E-state index contributed by atoms with van der Waals surface area (Å²) in [5.74, 6) is 1.69. The highest BCUT2D eigenvalue weighted by Crippen LogP contribution is 2.37. The van der Waals surface area contributed by atoms with Crippen molar-refractivity contribution in [3.63, 3.8) is 0 Å². The number of benzene rings is 1. The highest BCUT2D eigenvalue weighted by Gasteiger charge is 2.11. The van der Waals surface area contributed by atoms with Crippen molar-refractivity contribution >= 4 is 5.69 Å². The first-order chi connectivity index (χ1) is 8.22. The number of rotatable bonds is 7. The molecule has 5 nitrogen and oxygen atoms in total. The van der Waals surface area contributed by atoms with E-state index in [0.29, 0.717) is 36.0 Å². The third-order valence-electron chi connectivity index (χ3n) is 2.31. The van der Waals surface area contributed by atoms with Gasteiger partial charge in [-0.15, -0.1) is 0 Å². The molecule has 0 saturated heterocycles. The molecular weight excluding hydrogens is 222 g/mol. The molecule has 0 fully saturated rings. The Hall–Kier alpha value is -1.62. The topological polar surface area (TPSA) is 73.9 Å². The number of hydrogen-bond donors (Lipinski definition) is 2. The quantitative estimate of drug-likeness (QED) is 0.558. The summed E-state index contributed by atoms with van der Waals surface area (Å²) in [5.41, 5.74) is 6.33. The minimum Gasteiger partial charge on any atom is -0.497 e. The minimum absolute atomic E-state index is 0.165. The van der Waals surface area contributed by atoms with Gasteiger partial charge >= 0.3 is 0 Å². The molecule has 0 aliphatic carbocycles. The molecule has 17 heavy (non-hydrogen) atoms. The van der Waals surface area contributed by atoms with Crippen LogP contribution >= 0.6 is 0 Å². The van der Waals surface area contributed by atoms with Gasteiger partial charge in [0.15, 0.2) is 11.5 Å². The summed E-state index contributed by atoms with van der Waals surface area (Å²) < 4.78 is 15.8. The molecular formula is C12H19NO4. The zero-order valence-electron chi connectivity index (χ0n) is 10.2. The fraction of sp³-hybridized carbons (Fsp3) is 0.500. The van der Waals surface area contributed by atoms with Gasteiger partial charge in [0.05, 0.1) is 26.5 Å². The van der Waals surface area contributed by atoms with E-state index < -0.39 is 0 Å². The van der Waals surface area contributed by atoms with Crippen molar-refractivity contribution in [2.24, 2.45) is 0 Å². The van der Waals surface area contributed by atoms with Gasteiger partial charge in [0, 0.05) is 18.7 Å². The van der Waals surface area contributed by atoms with Crippen LogP contribution in [0.1, 0.15) is 12.8 Å². The maximum Gasteiger partial charge on any atom is 0.184 e. The van der Waals surface area contributed by atoms with E-state index in [-0.39, 0.29) is 6.61 Å². The third-order valence-corrected chi connectivity index (χ3v) is 2.31. The lowest BCUT2D eigenvalue weighted by Gasteiger charge is -2.14. The van der Waals surface area contributed by atoms with Gasteiger partial charge in [0.1, 0.15) is 5.75 Å². The molecule has 0 aliphatic heterocycles. The van der Waals surface area contributed by atoms with Crippen LogP contribution in [0.15, 0.2) is 12.1 Å². The van der Waals surface area contributed by atoms with Gasteiger partial charge < -0.3 is 25.1 Å². The summed E-state index contributed by atoms with van der Waals surface area (Å²) in [4.78, 5) is 0. The molecule has 1 rings (SSSR count). The van der Waals surface area contributed by atoms with Crippen LogP contribution in [0.4, 0.5) is 5.69 Å². The second-order valence-electron chi connectivity index (χ2n) is 3.53. The first kappa shape index (κ1) is 13.4. The Labute approximate surface area is 101 Å². The number of ether oxygens (including phenoxy) is 3. The standard InChI is InChI=1S/C12H19NO4/c1-15-9-7-10(13)12(11(8-9)16-2)17-6-4-3-5-14/h7-8,14H,3-6,13H2,1-2H3. The first-order valence-electron chi connectivity index (χ1n) is 5.48. The Morgan fingerprint density at radius 1 is 1.18 bits per heavy atom. The molecule has 1 aromatic rings. The Balaban J connectivity index is 2.75. The van der Waals surface area contributed by atoms with Crippen LogP contribution < -0.4 is 19.9 Å². The molecule has 0 bridgehead atoms. The molecule has 0 radical (unpaired) electrons. The lowest BCUT2D eigenvalue weighted by atomic mass is 10.2. The summed E-state index contributed by atoms with van der Waals surface area (Å²) >= 11 is 0. The van der Waals surface area contributed by atoms with E-state index in [1.807, 2.05) is 0 Å². The van der Waals surface area contributed by atoms with Crippen LogP contribution in [-0.2, 0) is 0 Å². The smallest absolute Gasteiger partial charge is 0.184 e. The lowest BCUT2D eigenvalue weighted by Crippen LogP contribution is -2.03. The van der Waals surface area contributed by atoms with Gasteiger partial charge in [0.25, 0.3) is 0 Å². The van der Waals surface area contributed by atoms with E-state index in [4.69, 9.17) is 25.1 Å². The number of methoxy groups -OCH3 is 2. The summed E-state index contributed by atoms with van der Waals surface area (Å²) in [7, 11) is 3.12. The molecule has 96 valence electrons. The van der Waals surface area contributed by atoms with Crippen molar-refractivity contribution in [1.82, 2.24) is 0 Å². The van der Waals surface area contributed by atoms with Crippen LogP contribution in [0, 0.1) is 0 Å². The Bertz CT molecular complexity index is 355. The third kappa shape index (κ3) is 3.71. The zero-order valence-corrected chi connectivity index (χ0v) is 10.2. The van der Waals surface area contributed by atoms with E-state index in [9.17, 15) is 0 Å². The zero-order chi connectivity index (χ0) is 12.7. The molecule has 0 aromatic heterocycles. The van der Waals surface area contributed by atoms with E-state index in [1.165, 1.54) is 0 Å². The van der Waals surface area contributed by atoms with Crippen molar-refractivity contribution in [2.45, 2.75) is 12.8 Å². The normalized spacial score (nSPS) is 10.1. The summed E-state index contributed by atoms with van der Waals surface area (Å²) in [5, 5.41) is 8.67. The number of nitrogen functional groups attached to an aromatic ring is 1. The van der Waals surface area contributed by atoms with Crippen molar-refractivity contribution in [3.05, 3.63) is 12.1 Å². The summed E-state index contributed by atoms with van der Waals surface area (Å²) in [6, 6.07) is 3.40. The molecule has 3 N–H and O–H groups in total. The summed E-state index contributed by atoms with van der Waals surface area (Å²) in [6.45, 7) is 0.659. The van der Waals surface area contributed by atoms with Gasteiger partial charge in [-0.25, -0.2) is 0 Å². The number of unbranched alkanes of at least 4 members (excludes halogenated alkanes) is 1. The predicted octanol–water partition coefficient (Wildman–Crippen LogP) is 1.44. The van der Waals surface area contributed by atoms with Crippen LogP contribution in [0.25, 0.3) is 0 Å². The molecule has 5 heteroatoms. The Morgan fingerprint density at radius 2 is 1.94 bits per heavy atom. The highest BCUT2D eigenvalue weighted by molar-refractivity contribution is 5.63. The van der Waals surface area contributed by atoms with Gasteiger partial charge in [-0.1, -0.05) is 0 Å². The largest absolute Gasteiger partial charge is 0.497 e. The second kappa shape index (κ2) is 6.85. The molecule has 0 atom stereocenters. The fourth-order valence-electron chi connectivity index (χ4n) is 1.41. The number of hydrogen-bond acceptors (Lipinski definition) is 5. The van der Waals surface area contributed by atoms with E-state index in [1.54, 1.807) is 26.4 Å². The van der Waals surface area contributed by atoms with Crippen molar-refractivity contribution in [3.8, 4) is 17.2 Å². The molecule has 0 heterocycles. The van der Waals surface area contributed by atoms with Crippen LogP contribution in [0.3, 0.4) is 0 Å². The molecule has 1 aromatic carbocycles. The maximum absolute atomic E-state index is 8.67. The van der Waals surface area contributed by atoms with Gasteiger partial charge in [-0.2, -0.15) is 0 Å². The summed E-state index contributed by atoms with van der Waals surface area (Å²) in [6.07, 6.45) is 1.48. The minimum atomic E-state index is 0.165. The van der Waals surface area contributed by atoms with Crippen LogP contribution in [0.2, 0.25) is 0 Å². The van der Waals surface area contributed by atoms with E-state index in [0.717, 1.165) is 6.42 Å². The molecule has 0 amide bonds. The monoisotopic (exact) mass is 241 g/mol. The number of nitrogens with two attached hydrogens (primary N) is 1. The molecule has 0 aliphatic rings. The second-order valence-corrected chi connectivity index (χ2v) is 3.53. The lowest BCUT2D eigenvalue weighted by molar-refractivity contribution is 0.248. The van der Waals surface area contributed by atoms with Crippen LogP contribution in [0.5, 0.6) is 17.2 Å². The van der Waals surface area contributed by atoms with Gasteiger partial charge in [-0.3, -0.25) is 0 Å². The van der Waals surface area contributed by atoms with E-state index in [2.05, 4.69) is 0 Å². The van der Waals surface area contributed by atoms with Crippen LogP contribution in [-0.4, -0.2) is 32.5 Å². The van der Waals surface area contributed by atoms with E-state index >= 15 is 0 Å². The molecule has 0 saturated carbocycles. The molecule has 0 unspecified atom stereocenters. The Morgan fingerprint density at radius 3 is 2.53 bits per heavy atom. The number of aliphatic hydroxyl groups excluding tert-OH is 1. The number of aliphatic hydroxyl groups is 1. The van der Waals surface area contributed by atoms with Gasteiger partial charge in [0.2, 0.25) is 0 Å². The van der Waals surface area contributed by atoms with Crippen molar-refractivity contribution in [2.75, 3.05) is 33.2 Å².